The fourth-order valence-corrected chi connectivity index (χ4v) is 4.66. The van der Waals surface area contributed by atoms with E-state index < -0.39 is 11.8 Å². The number of benzene rings is 1. The van der Waals surface area contributed by atoms with Gasteiger partial charge >= 0.3 is 0 Å². The third-order valence-electron chi connectivity index (χ3n) is 5.70. The zero-order chi connectivity index (χ0) is 17.6. The van der Waals surface area contributed by atoms with E-state index in [4.69, 9.17) is 11.6 Å². The van der Waals surface area contributed by atoms with E-state index in [2.05, 4.69) is 11.4 Å². The second-order valence-electron chi connectivity index (χ2n) is 7.31. The number of hydrogen-bond acceptors (Lipinski definition) is 3. The molecular formula is C19H21ClN2O3. The molecule has 0 spiro atoms. The van der Waals surface area contributed by atoms with Gasteiger partial charge < -0.3 is 4.90 Å². The Hall–Kier alpha value is -1.88. The minimum atomic E-state index is -0.752. The molecule has 1 saturated heterocycles. The van der Waals surface area contributed by atoms with Gasteiger partial charge in [-0.15, -0.1) is 0 Å². The Balaban J connectivity index is 1.56. The van der Waals surface area contributed by atoms with E-state index in [1.165, 1.54) is 36.8 Å². The molecule has 3 amide bonds. The first-order valence-corrected chi connectivity index (χ1v) is 9.34. The second-order valence-corrected chi connectivity index (χ2v) is 7.75. The minimum Gasteiger partial charge on any atom is -0.333 e. The number of carbonyl (C=O) groups is 3. The first-order chi connectivity index (χ1) is 12.0. The van der Waals surface area contributed by atoms with Crippen LogP contribution in [0.5, 0.6) is 0 Å². The van der Waals surface area contributed by atoms with Gasteiger partial charge in [0.15, 0.2) is 0 Å². The van der Waals surface area contributed by atoms with E-state index in [1.54, 1.807) is 4.90 Å². The number of halogens is 1. The molecule has 1 aromatic rings. The van der Waals surface area contributed by atoms with Crippen molar-refractivity contribution in [3.05, 3.63) is 33.8 Å². The summed E-state index contributed by atoms with van der Waals surface area (Å²) in [6.45, 7) is 1.03. The van der Waals surface area contributed by atoms with Crippen LogP contribution < -0.4 is 5.32 Å². The van der Waals surface area contributed by atoms with Gasteiger partial charge in [0.05, 0.1) is 0 Å². The summed E-state index contributed by atoms with van der Waals surface area (Å²) in [7, 11) is 0. The monoisotopic (exact) mass is 360 g/mol. The lowest BCUT2D eigenvalue weighted by molar-refractivity contribution is -0.146. The Morgan fingerprint density at radius 1 is 1.12 bits per heavy atom. The highest BCUT2D eigenvalue weighted by molar-refractivity contribution is 6.30. The van der Waals surface area contributed by atoms with Crippen LogP contribution in [-0.2, 0) is 27.5 Å². The molecule has 6 heteroatoms. The first kappa shape index (κ1) is 16.6. The fraction of sp³-hybridized carbons (Fsp3) is 0.526. The second kappa shape index (κ2) is 6.45. The van der Waals surface area contributed by atoms with Gasteiger partial charge in [0, 0.05) is 24.5 Å². The van der Waals surface area contributed by atoms with E-state index in [9.17, 15) is 14.4 Å². The summed E-state index contributed by atoms with van der Waals surface area (Å²) in [5.74, 6) is -1.18. The predicted octanol–water partition coefficient (Wildman–Crippen LogP) is 2.89. The van der Waals surface area contributed by atoms with Crippen LogP contribution in [0, 0.1) is 5.92 Å². The zero-order valence-corrected chi connectivity index (χ0v) is 14.8. The standard InChI is InChI=1S/C19H21ClN2O3/c20-13-7-12-9-22(19(25)14-5-6-17(23)21-18(14)24)10-16(12)15(8-13)11-3-1-2-4-11/h7-8,11,14H,1-6,9-10H2,(H,21,23,24). The van der Waals surface area contributed by atoms with Crippen LogP contribution >= 0.6 is 11.6 Å². The van der Waals surface area contributed by atoms with Crippen LogP contribution in [0.25, 0.3) is 0 Å². The van der Waals surface area contributed by atoms with Crippen LogP contribution in [0.15, 0.2) is 12.1 Å². The van der Waals surface area contributed by atoms with Crippen LogP contribution in [-0.4, -0.2) is 22.6 Å². The molecule has 2 heterocycles. The van der Waals surface area contributed by atoms with Crippen molar-refractivity contribution in [2.24, 2.45) is 5.92 Å². The molecular weight excluding hydrogens is 340 g/mol. The number of rotatable bonds is 2. The number of hydrogen-bond donors (Lipinski definition) is 1. The minimum absolute atomic E-state index is 0.185. The largest absolute Gasteiger partial charge is 0.333 e. The number of amides is 3. The predicted molar refractivity (Wildman–Crippen MR) is 92.8 cm³/mol. The number of piperidine rings is 1. The zero-order valence-electron chi connectivity index (χ0n) is 14.0. The molecule has 5 nitrogen and oxygen atoms in total. The highest BCUT2D eigenvalue weighted by Gasteiger charge is 2.38. The van der Waals surface area contributed by atoms with Crippen molar-refractivity contribution >= 4 is 29.3 Å². The molecule has 0 aromatic heterocycles. The molecule has 1 saturated carbocycles. The Kier molecular flexibility index (Phi) is 4.28. The maximum Gasteiger partial charge on any atom is 0.239 e. The molecule has 1 aliphatic carbocycles. The van der Waals surface area contributed by atoms with Crippen LogP contribution in [0.3, 0.4) is 0 Å². The maximum absolute atomic E-state index is 12.8. The summed E-state index contributed by atoms with van der Waals surface area (Å²) in [6, 6.07) is 3.99. The molecule has 0 radical (unpaired) electrons. The molecule has 2 fully saturated rings. The SMILES string of the molecule is O=C1CCC(C(=O)N2Cc3cc(Cl)cc(C4CCCC4)c3C2)C(=O)N1. The van der Waals surface area contributed by atoms with E-state index in [0.29, 0.717) is 25.4 Å². The van der Waals surface area contributed by atoms with Crippen LogP contribution in [0.2, 0.25) is 5.02 Å². The van der Waals surface area contributed by atoms with Gasteiger partial charge in [-0.05, 0) is 54.0 Å². The topological polar surface area (TPSA) is 66.5 Å². The van der Waals surface area contributed by atoms with Crippen molar-refractivity contribution < 1.29 is 14.4 Å². The van der Waals surface area contributed by atoms with E-state index in [-0.39, 0.29) is 18.2 Å². The van der Waals surface area contributed by atoms with Gasteiger partial charge in [0.1, 0.15) is 5.92 Å². The number of carbonyl (C=O) groups excluding carboxylic acids is 3. The number of nitrogens with zero attached hydrogens (tertiary/aromatic N) is 1. The Morgan fingerprint density at radius 2 is 1.88 bits per heavy atom. The van der Waals surface area contributed by atoms with Gasteiger partial charge in [0.2, 0.25) is 17.7 Å². The Morgan fingerprint density at radius 3 is 2.60 bits per heavy atom. The first-order valence-electron chi connectivity index (χ1n) is 8.96. The third kappa shape index (κ3) is 3.06. The summed E-state index contributed by atoms with van der Waals surface area (Å²) in [4.78, 5) is 37.9. The lowest BCUT2D eigenvalue weighted by Crippen LogP contribution is -2.47. The highest BCUT2D eigenvalue weighted by atomic mass is 35.5. The normalized spacial score (nSPS) is 23.7. The molecule has 132 valence electrons. The molecule has 1 N–H and O–H groups in total. The van der Waals surface area contributed by atoms with Crippen LogP contribution in [0.1, 0.15) is 61.1 Å². The lowest BCUT2D eigenvalue weighted by Gasteiger charge is -2.25. The van der Waals surface area contributed by atoms with Crippen molar-refractivity contribution in [2.75, 3.05) is 0 Å². The van der Waals surface area contributed by atoms with Crippen molar-refractivity contribution in [3.63, 3.8) is 0 Å². The number of imide groups is 1. The van der Waals surface area contributed by atoms with Gasteiger partial charge in [-0.1, -0.05) is 24.4 Å². The molecule has 0 bridgehead atoms. The summed E-state index contributed by atoms with van der Waals surface area (Å²) >= 11 is 6.32. The van der Waals surface area contributed by atoms with Crippen molar-refractivity contribution in [1.29, 1.82) is 0 Å². The number of nitrogens with one attached hydrogen (secondary N) is 1. The lowest BCUT2D eigenvalue weighted by atomic mass is 9.91. The summed E-state index contributed by atoms with van der Waals surface area (Å²) < 4.78 is 0. The van der Waals surface area contributed by atoms with Crippen molar-refractivity contribution in [3.8, 4) is 0 Å². The molecule has 25 heavy (non-hydrogen) atoms. The third-order valence-corrected chi connectivity index (χ3v) is 5.91. The molecule has 1 unspecified atom stereocenters. The molecule has 2 aliphatic heterocycles. The van der Waals surface area contributed by atoms with Gasteiger partial charge in [-0.2, -0.15) is 0 Å². The highest BCUT2D eigenvalue weighted by Crippen LogP contribution is 2.41. The average molecular weight is 361 g/mol. The molecule has 4 rings (SSSR count). The van der Waals surface area contributed by atoms with Gasteiger partial charge in [0.25, 0.3) is 0 Å². The Labute approximate surface area is 151 Å². The summed E-state index contributed by atoms with van der Waals surface area (Å²) in [5.41, 5.74) is 3.57. The van der Waals surface area contributed by atoms with E-state index >= 15 is 0 Å². The van der Waals surface area contributed by atoms with Crippen molar-refractivity contribution in [2.45, 2.75) is 57.5 Å². The van der Waals surface area contributed by atoms with E-state index in [0.717, 1.165) is 10.6 Å². The van der Waals surface area contributed by atoms with E-state index in [1.807, 2.05) is 6.07 Å². The summed E-state index contributed by atoms with van der Waals surface area (Å²) in [6.07, 6.45) is 5.35. The molecule has 1 aromatic carbocycles. The number of fused-ring (bicyclic) bond motifs is 1. The maximum atomic E-state index is 12.8. The van der Waals surface area contributed by atoms with Crippen LogP contribution in [0.4, 0.5) is 0 Å². The summed E-state index contributed by atoms with van der Waals surface area (Å²) in [5, 5.41) is 2.99. The van der Waals surface area contributed by atoms with Gasteiger partial charge in [-0.3, -0.25) is 19.7 Å². The van der Waals surface area contributed by atoms with Crippen molar-refractivity contribution in [1.82, 2.24) is 10.2 Å². The smallest absolute Gasteiger partial charge is 0.239 e. The quantitative estimate of drug-likeness (QED) is 0.651. The molecule has 3 aliphatic rings. The average Bonchev–Trinajstić information content (AvgIpc) is 3.23. The molecule has 1 atom stereocenters. The Bertz CT molecular complexity index is 755. The fourth-order valence-electron chi connectivity index (χ4n) is 4.41. The van der Waals surface area contributed by atoms with Gasteiger partial charge in [-0.25, -0.2) is 0 Å².